The Morgan fingerprint density at radius 3 is 2.59 bits per heavy atom. The predicted molar refractivity (Wildman–Crippen MR) is 104 cm³/mol. The molecule has 0 aliphatic heterocycles. The van der Waals surface area contributed by atoms with E-state index >= 15 is 0 Å². The minimum atomic E-state index is -0.263. The van der Waals surface area contributed by atoms with Crippen LogP contribution in [-0.4, -0.2) is 25.5 Å². The van der Waals surface area contributed by atoms with E-state index in [9.17, 15) is 9.18 Å². The van der Waals surface area contributed by atoms with Crippen LogP contribution in [0.2, 0.25) is 0 Å². The van der Waals surface area contributed by atoms with Crippen molar-refractivity contribution in [3.8, 4) is 0 Å². The summed E-state index contributed by atoms with van der Waals surface area (Å²) in [5, 5.41) is 12.6. The molecule has 1 amide bonds. The average Bonchev–Trinajstić information content (AvgIpc) is 3.27. The third-order valence-electron chi connectivity index (χ3n) is 4.32. The van der Waals surface area contributed by atoms with Crippen molar-refractivity contribution in [2.75, 3.05) is 5.32 Å². The van der Waals surface area contributed by atoms with Crippen LogP contribution in [0.25, 0.3) is 10.2 Å². The van der Waals surface area contributed by atoms with Gasteiger partial charge in [-0.2, -0.15) is 10.2 Å². The standard InChI is InChI=1S/C19H18FN5OS/c1-11-8-17(24(3)22-11)21-18(26)16-9-15-12(2)23-25(19(15)27-16)10-13-4-6-14(20)7-5-13/h4-9H,10H2,1-3H3,(H,21,26). The van der Waals surface area contributed by atoms with Crippen molar-refractivity contribution in [3.05, 3.63) is 64.0 Å². The van der Waals surface area contributed by atoms with Crippen LogP contribution in [0.5, 0.6) is 0 Å². The van der Waals surface area contributed by atoms with E-state index in [0.29, 0.717) is 17.2 Å². The molecule has 4 aromatic rings. The normalized spacial score (nSPS) is 11.3. The smallest absolute Gasteiger partial charge is 0.266 e. The van der Waals surface area contributed by atoms with E-state index in [1.165, 1.54) is 23.5 Å². The van der Waals surface area contributed by atoms with Crippen LogP contribution in [0.3, 0.4) is 0 Å². The fourth-order valence-corrected chi connectivity index (χ4v) is 4.06. The maximum Gasteiger partial charge on any atom is 0.266 e. The van der Waals surface area contributed by atoms with Crippen molar-refractivity contribution in [3.63, 3.8) is 0 Å². The van der Waals surface area contributed by atoms with Gasteiger partial charge in [-0.25, -0.2) is 4.39 Å². The molecule has 1 N–H and O–H groups in total. The third kappa shape index (κ3) is 3.35. The van der Waals surface area contributed by atoms with Gasteiger partial charge in [-0.3, -0.25) is 14.2 Å². The molecule has 138 valence electrons. The second-order valence-corrected chi connectivity index (χ2v) is 7.48. The van der Waals surface area contributed by atoms with E-state index in [-0.39, 0.29) is 11.7 Å². The van der Waals surface area contributed by atoms with Gasteiger partial charge in [0.2, 0.25) is 0 Å². The van der Waals surface area contributed by atoms with Gasteiger partial charge in [0.15, 0.2) is 0 Å². The molecule has 3 heterocycles. The summed E-state index contributed by atoms with van der Waals surface area (Å²) in [5.74, 6) is 0.215. The van der Waals surface area contributed by atoms with Crippen LogP contribution in [0.15, 0.2) is 36.4 Å². The lowest BCUT2D eigenvalue weighted by molar-refractivity contribution is 0.102. The monoisotopic (exact) mass is 383 g/mol. The Kier molecular flexibility index (Phi) is 4.27. The number of hydrogen-bond donors (Lipinski definition) is 1. The molecule has 8 heteroatoms. The Bertz CT molecular complexity index is 1140. The van der Waals surface area contributed by atoms with Crippen molar-refractivity contribution < 1.29 is 9.18 Å². The van der Waals surface area contributed by atoms with Gasteiger partial charge in [0.1, 0.15) is 16.5 Å². The largest absolute Gasteiger partial charge is 0.306 e. The van der Waals surface area contributed by atoms with Crippen LogP contribution in [0.1, 0.15) is 26.6 Å². The Balaban J connectivity index is 1.63. The summed E-state index contributed by atoms with van der Waals surface area (Å²) in [4.78, 5) is 14.2. The minimum Gasteiger partial charge on any atom is -0.306 e. The first-order valence-electron chi connectivity index (χ1n) is 8.44. The molecule has 0 saturated heterocycles. The molecule has 1 aromatic carbocycles. The first-order chi connectivity index (χ1) is 12.9. The summed E-state index contributed by atoms with van der Waals surface area (Å²) in [6, 6.07) is 10.0. The average molecular weight is 383 g/mol. The number of rotatable bonds is 4. The Morgan fingerprint density at radius 2 is 1.93 bits per heavy atom. The van der Waals surface area contributed by atoms with Gasteiger partial charge in [0.05, 0.1) is 22.8 Å². The highest BCUT2D eigenvalue weighted by Gasteiger charge is 2.17. The zero-order valence-electron chi connectivity index (χ0n) is 15.2. The third-order valence-corrected chi connectivity index (χ3v) is 5.47. The molecule has 0 radical (unpaired) electrons. The fraction of sp³-hybridized carbons (Fsp3) is 0.211. The fourth-order valence-electron chi connectivity index (χ4n) is 3.00. The van der Waals surface area contributed by atoms with E-state index in [2.05, 4.69) is 15.5 Å². The second-order valence-electron chi connectivity index (χ2n) is 6.45. The Labute approximate surface area is 159 Å². The molecule has 0 aliphatic carbocycles. The number of halogens is 1. The number of aromatic nitrogens is 4. The number of fused-ring (bicyclic) bond motifs is 1. The summed E-state index contributed by atoms with van der Waals surface area (Å²) in [6.45, 7) is 4.32. The number of hydrogen-bond acceptors (Lipinski definition) is 4. The molecule has 0 atom stereocenters. The molecule has 6 nitrogen and oxygen atoms in total. The summed E-state index contributed by atoms with van der Waals surface area (Å²) >= 11 is 1.39. The van der Waals surface area contributed by atoms with E-state index in [4.69, 9.17) is 0 Å². The van der Waals surface area contributed by atoms with E-state index in [0.717, 1.165) is 27.2 Å². The number of carbonyl (C=O) groups is 1. The van der Waals surface area contributed by atoms with Crippen molar-refractivity contribution in [2.45, 2.75) is 20.4 Å². The van der Waals surface area contributed by atoms with Crippen molar-refractivity contribution in [1.82, 2.24) is 19.6 Å². The molecular formula is C19H18FN5OS. The minimum absolute atomic E-state index is 0.174. The van der Waals surface area contributed by atoms with Crippen LogP contribution >= 0.6 is 11.3 Å². The highest BCUT2D eigenvalue weighted by atomic mass is 32.1. The van der Waals surface area contributed by atoms with Gasteiger partial charge in [-0.1, -0.05) is 12.1 Å². The van der Waals surface area contributed by atoms with Crippen LogP contribution in [-0.2, 0) is 13.6 Å². The van der Waals surface area contributed by atoms with Gasteiger partial charge < -0.3 is 5.32 Å². The number of amides is 1. The lowest BCUT2D eigenvalue weighted by Crippen LogP contribution is -2.13. The second kappa shape index (κ2) is 6.62. The lowest BCUT2D eigenvalue weighted by Gasteiger charge is -2.04. The zero-order valence-corrected chi connectivity index (χ0v) is 16.0. The molecular weight excluding hydrogens is 365 g/mol. The van der Waals surface area contributed by atoms with E-state index < -0.39 is 0 Å². The zero-order chi connectivity index (χ0) is 19.1. The van der Waals surface area contributed by atoms with Crippen molar-refractivity contribution in [1.29, 1.82) is 0 Å². The molecule has 0 aliphatic rings. The summed E-state index contributed by atoms with van der Waals surface area (Å²) < 4.78 is 16.6. The maximum atomic E-state index is 13.1. The number of benzene rings is 1. The highest BCUT2D eigenvalue weighted by molar-refractivity contribution is 7.20. The van der Waals surface area contributed by atoms with Gasteiger partial charge >= 0.3 is 0 Å². The van der Waals surface area contributed by atoms with E-state index in [1.54, 1.807) is 23.9 Å². The number of carbonyl (C=O) groups excluding carboxylic acids is 1. The Morgan fingerprint density at radius 1 is 1.19 bits per heavy atom. The number of thiophene rings is 1. The molecule has 0 spiro atoms. The number of anilines is 1. The first-order valence-corrected chi connectivity index (χ1v) is 9.26. The van der Waals surface area contributed by atoms with Gasteiger partial charge in [-0.05, 0) is 37.6 Å². The molecule has 0 fully saturated rings. The van der Waals surface area contributed by atoms with Crippen molar-refractivity contribution in [2.24, 2.45) is 7.05 Å². The highest BCUT2D eigenvalue weighted by Crippen LogP contribution is 2.29. The molecule has 0 saturated carbocycles. The summed E-state index contributed by atoms with van der Waals surface area (Å²) in [6.07, 6.45) is 0. The van der Waals surface area contributed by atoms with E-state index in [1.807, 2.05) is 30.7 Å². The van der Waals surface area contributed by atoms with Crippen LogP contribution in [0, 0.1) is 19.7 Å². The topological polar surface area (TPSA) is 64.7 Å². The molecule has 0 unspecified atom stereocenters. The number of aryl methyl sites for hydroxylation is 3. The number of nitrogens with one attached hydrogen (secondary N) is 1. The number of nitrogens with zero attached hydrogens (tertiary/aromatic N) is 4. The SMILES string of the molecule is Cc1cc(NC(=O)c2cc3c(C)nn(Cc4ccc(F)cc4)c3s2)n(C)n1. The van der Waals surface area contributed by atoms with Gasteiger partial charge in [0.25, 0.3) is 5.91 Å². The predicted octanol–water partition coefficient (Wildman–Crippen LogP) is 3.89. The molecule has 0 bridgehead atoms. The van der Waals surface area contributed by atoms with Crippen molar-refractivity contribution >= 4 is 33.3 Å². The van der Waals surface area contributed by atoms with Crippen LogP contribution in [0.4, 0.5) is 10.2 Å². The quantitative estimate of drug-likeness (QED) is 0.581. The summed E-state index contributed by atoms with van der Waals surface area (Å²) in [7, 11) is 1.79. The first kappa shape index (κ1) is 17.4. The summed E-state index contributed by atoms with van der Waals surface area (Å²) in [5.41, 5.74) is 2.65. The Hall–Kier alpha value is -3.00. The van der Waals surface area contributed by atoms with Crippen LogP contribution < -0.4 is 5.32 Å². The molecule has 27 heavy (non-hydrogen) atoms. The van der Waals surface area contributed by atoms with Gasteiger partial charge in [-0.15, -0.1) is 11.3 Å². The molecule has 4 rings (SSSR count). The van der Waals surface area contributed by atoms with Gasteiger partial charge in [0, 0.05) is 18.5 Å². The maximum absolute atomic E-state index is 13.1. The molecule has 3 aromatic heterocycles. The lowest BCUT2D eigenvalue weighted by atomic mass is 10.2.